The van der Waals surface area contributed by atoms with Crippen LogP contribution in [0.2, 0.25) is 10.0 Å². The van der Waals surface area contributed by atoms with E-state index in [1.165, 1.54) is 0 Å². The van der Waals surface area contributed by atoms with Crippen LogP contribution in [0.15, 0.2) is 28.8 Å². The third-order valence-electron chi connectivity index (χ3n) is 2.69. The van der Waals surface area contributed by atoms with E-state index in [0.29, 0.717) is 28.1 Å². The molecule has 0 spiro atoms. The standard InChI is InChI=1S/C15H18Cl2N2O2/c1-15(2,3)18-8-10-7-11(21-19-10)9-20-13-6-4-5-12(16)14(13)17/h4-7,18H,8-9H2,1-3H3. The van der Waals surface area contributed by atoms with Gasteiger partial charge < -0.3 is 14.6 Å². The van der Waals surface area contributed by atoms with E-state index in [0.717, 1.165) is 5.69 Å². The lowest BCUT2D eigenvalue weighted by Crippen LogP contribution is -2.35. The van der Waals surface area contributed by atoms with Crippen LogP contribution in [0.4, 0.5) is 0 Å². The average Bonchev–Trinajstić information content (AvgIpc) is 2.85. The van der Waals surface area contributed by atoms with E-state index < -0.39 is 0 Å². The molecule has 1 aromatic heterocycles. The fraction of sp³-hybridized carbons (Fsp3) is 0.400. The Morgan fingerprint density at radius 2 is 2.05 bits per heavy atom. The van der Waals surface area contributed by atoms with Crippen molar-refractivity contribution in [3.8, 4) is 5.75 Å². The Hall–Kier alpha value is -1.23. The van der Waals surface area contributed by atoms with E-state index in [9.17, 15) is 0 Å². The van der Waals surface area contributed by atoms with Crippen LogP contribution in [-0.4, -0.2) is 10.7 Å². The SMILES string of the molecule is CC(C)(C)NCc1cc(COc2cccc(Cl)c2Cl)on1. The molecular formula is C15H18Cl2N2O2. The Morgan fingerprint density at radius 3 is 2.76 bits per heavy atom. The first-order valence-corrected chi connectivity index (χ1v) is 7.37. The molecule has 6 heteroatoms. The van der Waals surface area contributed by atoms with E-state index in [1.54, 1.807) is 18.2 Å². The fourth-order valence-electron chi connectivity index (χ4n) is 1.61. The topological polar surface area (TPSA) is 47.3 Å². The highest BCUT2D eigenvalue weighted by atomic mass is 35.5. The number of ether oxygens (including phenoxy) is 1. The van der Waals surface area contributed by atoms with Crippen molar-refractivity contribution in [3.63, 3.8) is 0 Å². The van der Waals surface area contributed by atoms with Crippen LogP contribution in [0.3, 0.4) is 0 Å². The number of aromatic nitrogens is 1. The number of hydrogen-bond donors (Lipinski definition) is 1. The molecule has 2 aromatic rings. The first-order valence-electron chi connectivity index (χ1n) is 6.61. The van der Waals surface area contributed by atoms with Crippen molar-refractivity contribution in [2.75, 3.05) is 0 Å². The van der Waals surface area contributed by atoms with Gasteiger partial charge in [-0.05, 0) is 32.9 Å². The molecule has 1 N–H and O–H groups in total. The summed E-state index contributed by atoms with van der Waals surface area (Å²) in [6, 6.07) is 7.11. The number of rotatable bonds is 5. The van der Waals surface area contributed by atoms with Crippen molar-refractivity contribution < 1.29 is 9.26 Å². The minimum Gasteiger partial charge on any atom is -0.484 e. The maximum atomic E-state index is 6.05. The number of nitrogens with zero attached hydrogens (tertiary/aromatic N) is 1. The van der Waals surface area contributed by atoms with Crippen molar-refractivity contribution in [3.05, 3.63) is 45.8 Å². The molecule has 114 valence electrons. The molecule has 0 radical (unpaired) electrons. The minimum absolute atomic E-state index is 0.0317. The van der Waals surface area contributed by atoms with Crippen molar-refractivity contribution >= 4 is 23.2 Å². The molecular weight excluding hydrogens is 311 g/mol. The van der Waals surface area contributed by atoms with Gasteiger partial charge in [0.15, 0.2) is 5.76 Å². The van der Waals surface area contributed by atoms with E-state index >= 15 is 0 Å². The molecule has 0 amide bonds. The molecule has 21 heavy (non-hydrogen) atoms. The molecule has 0 aliphatic rings. The average molecular weight is 329 g/mol. The highest BCUT2D eigenvalue weighted by molar-refractivity contribution is 6.42. The monoisotopic (exact) mass is 328 g/mol. The zero-order valence-corrected chi connectivity index (χ0v) is 13.8. The summed E-state index contributed by atoms with van der Waals surface area (Å²) in [6.45, 7) is 7.18. The van der Waals surface area contributed by atoms with E-state index in [-0.39, 0.29) is 12.1 Å². The maximum Gasteiger partial charge on any atom is 0.174 e. The molecule has 1 aromatic carbocycles. The van der Waals surface area contributed by atoms with Gasteiger partial charge >= 0.3 is 0 Å². The summed E-state index contributed by atoms with van der Waals surface area (Å²) in [4.78, 5) is 0. The zero-order chi connectivity index (χ0) is 15.5. The summed E-state index contributed by atoms with van der Waals surface area (Å²) < 4.78 is 10.8. The molecule has 4 nitrogen and oxygen atoms in total. The van der Waals surface area contributed by atoms with E-state index in [4.69, 9.17) is 32.5 Å². The quantitative estimate of drug-likeness (QED) is 0.880. The van der Waals surface area contributed by atoms with Crippen LogP contribution in [0.1, 0.15) is 32.2 Å². The number of nitrogens with one attached hydrogen (secondary N) is 1. The van der Waals surface area contributed by atoms with Crippen molar-refractivity contribution in [2.24, 2.45) is 0 Å². The van der Waals surface area contributed by atoms with E-state index in [1.807, 2.05) is 6.07 Å². The van der Waals surface area contributed by atoms with Gasteiger partial charge in [0.1, 0.15) is 17.4 Å². The molecule has 0 saturated carbocycles. The lowest BCUT2D eigenvalue weighted by Gasteiger charge is -2.19. The summed E-state index contributed by atoms with van der Waals surface area (Å²) >= 11 is 12.0. The number of halogens is 2. The molecule has 0 fully saturated rings. The van der Waals surface area contributed by atoms with E-state index in [2.05, 4.69) is 31.2 Å². The molecule has 1 heterocycles. The van der Waals surface area contributed by atoms with Gasteiger partial charge in [-0.3, -0.25) is 0 Å². The molecule has 0 unspecified atom stereocenters. The first-order chi connectivity index (χ1) is 9.85. The molecule has 0 aliphatic carbocycles. The lowest BCUT2D eigenvalue weighted by molar-refractivity contribution is 0.248. The van der Waals surface area contributed by atoms with Gasteiger partial charge in [-0.1, -0.05) is 34.4 Å². The Morgan fingerprint density at radius 1 is 1.29 bits per heavy atom. The van der Waals surface area contributed by atoms with Crippen LogP contribution in [0.5, 0.6) is 5.75 Å². The molecule has 0 saturated heterocycles. The number of hydrogen-bond acceptors (Lipinski definition) is 4. The largest absolute Gasteiger partial charge is 0.484 e. The van der Waals surface area contributed by atoms with Crippen LogP contribution in [-0.2, 0) is 13.2 Å². The second kappa shape index (κ2) is 6.69. The summed E-state index contributed by atoms with van der Waals surface area (Å²) in [5.74, 6) is 1.16. The predicted octanol–water partition coefficient (Wildman–Crippen LogP) is 4.45. The second-order valence-electron chi connectivity index (χ2n) is 5.73. The third kappa shape index (κ3) is 4.92. The summed E-state index contributed by atoms with van der Waals surface area (Å²) in [7, 11) is 0. The van der Waals surface area contributed by atoms with Crippen LogP contribution in [0, 0.1) is 0 Å². The number of benzene rings is 1. The smallest absolute Gasteiger partial charge is 0.174 e. The highest BCUT2D eigenvalue weighted by Gasteiger charge is 2.12. The Bertz CT molecular complexity index is 606. The van der Waals surface area contributed by atoms with Gasteiger partial charge in [0.25, 0.3) is 0 Å². The molecule has 0 aliphatic heterocycles. The maximum absolute atomic E-state index is 6.05. The Balaban J connectivity index is 1.92. The van der Waals surface area contributed by atoms with Gasteiger partial charge in [-0.15, -0.1) is 0 Å². The molecule has 0 atom stereocenters. The van der Waals surface area contributed by atoms with Crippen LogP contribution < -0.4 is 10.1 Å². The zero-order valence-electron chi connectivity index (χ0n) is 12.2. The van der Waals surface area contributed by atoms with Crippen molar-refractivity contribution in [1.29, 1.82) is 0 Å². The minimum atomic E-state index is 0.0317. The molecule has 2 rings (SSSR count). The Kier molecular flexibility index (Phi) is 5.14. The molecule has 0 bridgehead atoms. The van der Waals surface area contributed by atoms with Gasteiger partial charge in [0.2, 0.25) is 0 Å². The van der Waals surface area contributed by atoms with Crippen molar-refractivity contribution in [1.82, 2.24) is 10.5 Å². The van der Waals surface area contributed by atoms with Gasteiger partial charge in [-0.25, -0.2) is 0 Å². The van der Waals surface area contributed by atoms with Gasteiger partial charge in [0, 0.05) is 18.2 Å². The van der Waals surface area contributed by atoms with Gasteiger partial charge in [-0.2, -0.15) is 0 Å². The van der Waals surface area contributed by atoms with Crippen LogP contribution in [0.25, 0.3) is 0 Å². The van der Waals surface area contributed by atoms with Crippen molar-refractivity contribution in [2.45, 2.75) is 39.5 Å². The Labute approximate surface area is 134 Å². The summed E-state index contributed by atoms with van der Waals surface area (Å²) in [5, 5.41) is 8.19. The fourth-order valence-corrected chi connectivity index (χ4v) is 1.95. The summed E-state index contributed by atoms with van der Waals surface area (Å²) in [6.07, 6.45) is 0. The lowest BCUT2D eigenvalue weighted by atomic mass is 10.1. The second-order valence-corrected chi connectivity index (χ2v) is 6.51. The predicted molar refractivity (Wildman–Crippen MR) is 83.9 cm³/mol. The summed E-state index contributed by atoms with van der Waals surface area (Å²) in [5.41, 5.74) is 0.866. The van der Waals surface area contributed by atoms with Crippen LogP contribution >= 0.6 is 23.2 Å². The highest BCUT2D eigenvalue weighted by Crippen LogP contribution is 2.31. The third-order valence-corrected chi connectivity index (χ3v) is 3.50. The normalized spacial score (nSPS) is 11.7. The van der Waals surface area contributed by atoms with Gasteiger partial charge in [0.05, 0.1) is 10.7 Å². The first kappa shape index (κ1) is 16.1.